The van der Waals surface area contributed by atoms with Gasteiger partial charge in [0.05, 0.1) is 13.1 Å². The number of nitrogens with zero attached hydrogens (tertiary/aromatic N) is 1. The fraction of sp³-hybridized carbons (Fsp3) is 0.529. The molecule has 0 unspecified atom stereocenters. The average Bonchev–Trinajstić information content (AvgIpc) is 2.55. The monoisotopic (exact) mass is 355 g/mol. The molecule has 0 atom stereocenters. The predicted octanol–water partition coefficient (Wildman–Crippen LogP) is 2.02. The number of likely N-dealkylation sites (N-methyl/N-ethyl adjacent to an activating group) is 1. The Kier molecular flexibility index (Phi) is 6.30. The number of hydrogen-bond acceptors (Lipinski definition) is 3. The Balaban J connectivity index is 1.73. The lowest BCUT2D eigenvalue weighted by Gasteiger charge is -2.42. The van der Waals surface area contributed by atoms with Gasteiger partial charge in [-0.3, -0.25) is 9.69 Å². The van der Waals surface area contributed by atoms with Crippen LogP contribution in [0.15, 0.2) is 30.3 Å². The summed E-state index contributed by atoms with van der Waals surface area (Å²) in [5.74, 6) is -4.03. The number of rotatable bonds is 8. The van der Waals surface area contributed by atoms with Crippen molar-refractivity contribution in [3.8, 4) is 0 Å². The molecule has 0 heterocycles. The molecule has 2 rings (SSSR count). The van der Waals surface area contributed by atoms with Gasteiger partial charge in [0.2, 0.25) is 0 Å². The number of carboxylic acid groups (broad SMARTS) is 1. The number of urea groups is 1. The summed E-state index contributed by atoms with van der Waals surface area (Å²) in [6.07, 6.45) is 1.23. The highest BCUT2D eigenvalue weighted by Gasteiger charge is 2.36. The second-order valence-corrected chi connectivity index (χ2v) is 6.18. The fourth-order valence-electron chi connectivity index (χ4n) is 2.89. The number of carbonyl (C=O) groups is 2. The second-order valence-electron chi connectivity index (χ2n) is 6.18. The molecule has 1 aliphatic carbocycles. The number of alkyl halides is 2. The molecule has 1 aliphatic rings. The van der Waals surface area contributed by atoms with Crippen LogP contribution in [0.2, 0.25) is 0 Å². The molecule has 1 saturated carbocycles. The molecular formula is C17H23F2N3O3. The minimum absolute atomic E-state index is 0.0383. The van der Waals surface area contributed by atoms with Gasteiger partial charge >= 0.3 is 12.0 Å². The van der Waals surface area contributed by atoms with Crippen LogP contribution in [0.1, 0.15) is 25.3 Å². The molecule has 3 N–H and O–H groups in total. The largest absolute Gasteiger partial charge is 0.480 e. The highest BCUT2D eigenvalue weighted by Crippen LogP contribution is 2.27. The van der Waals surface area contributed by atoms with E-state index in [0.717, 1.165) is 0 Å². The number of amides is 2. The third-order valence-corrected chi connectivity index (χ3v) is 4.38. The Labute approximate surface area is 145 Å². The summed E-state index contributed by atoms with van der Waals surface area (Å²) in [6.45, 7) is 1.67. The molecule has 6 nitrogen and oxygen atoms in total. The number of carboxylic acids is 1. The van der Waals surface area contributed by atoms with E-state index >= 15 is 0 Å². The smallest absolute Gasteiger partial charge is 0.317 e. The molecule has 0 saturated heterocycles. The van der Waals surface area contributed by atoms with Crippen LogP contribution in [-0.2, 0) is 10.7 Å². The maximum absolute atomic E-state index is 14.0. The van der Waals surface area contributed by atoms with Gasteiger partial charge in [-0.25, -0.2) is 4.79 Å². The normalized spacial score (nSPS) is 20.0. The summed E-state index contributed by atoms with van der Waals surface area (Å²) in [5.41, 5.74) is -0.147. The molecule has 138 valence electrons. The van der Waals surface area contributed by atoms with E-state index < -0.39 is 24.5 Å². The number of nitrogens with one attached hydrogen (secondary N) is 2. The van der Waals surface area contributed by atoms with Crippen molar-refractivity contribution in [1.82, 2.24) is 15.5 Å². The van der Waals surface area contributed by atoms with E-state index in [0.29, 0.717) is 19.4 Å². The third kappa shape index (κ3) is 5.38. The van der Waals surface area contributed by atoms with E-state index in [2.05, 4.69) is 10.6 Å². The number of aliphatic carboxylic acids is 1. The molecule has 0 aliphatic heterocycles. The Morgan fingerprint density at radius 1 is 1.28 bits per heavy atom. The van der Waals surface area contributed by atoms with Crippen molar-refractivity contribution in [2.45, 2.75) is 37.8 Å². The molecule has 25 heavy (non-hydrogen) atoms. The van der Waals surface area contributed by atoms with E-state index in [9.17, 15) is 18.4 Å². The van der Waals surface area contributed by atoms with E-state index in [1.165, 1.54) is 24.3 Å². The van der Waals surface area contributed by atoms with Gasteiger partial charge in [0, 0.05) is 17.6 Å². The fourth-order valence-corrected chi connectivity index (χ4v) is 2.89. The van der Waals surface area contributed by atoms with Crippen molar-refractivity contribution >= 4 is 12.0 Å². The first-order valence-electron chi connectivity index (χ1n) is 8.25. The first-order valence-corrected chi connectivity index (χ1v) is 8.25. The molecule has 0 aromatic heterocycles. The van der Waals surface area contributed by atoms with Gasteiger partial charge in [-0.15, -0.1) is 0 Å². The lowest BCUT2D eigenvalue weighted by Crippen LogP contribution is -2.56. The number of benzene rings is 1. The molecule has 0 bridgehead atoms. The average molecular weight is 355 g/mol. The molecule has 8 heteroatoms. The number of carbonyl (C=O) groups excluding carboxylic acids is 1. The van der Waals surface area contributed by atoms with Crippen LogP contribution in [-0.4, -0.2) is 53.7 Å². The van der Waals surface area contributed by atoms with E-state index in [-0.39, 0.29) is 24.2 Å². The van der Waals surface area contributed by atoms with E-state index in [1.54, 1.807) is 6.07 Å². The van der Waals surface area contributed by atoms with Gasteiger partial charge in [0.1, 0.15) is 0 Å². The van der Waals surface area contributed by atoms with Crippen LogP contribution < -0.4 is 10.6 Å². The third-order valence-electron chi connectivity index (χ3n) is 4.38. The van der Waals surface area contributed by atoms with Gasteiger partial charge in [-0.05, 0) is 19.4 Å². The van der Waals surface area contributed by atoms with Gasteiger partial charge in [-0.1, -0.05) is 37.3 Å². The SMILES string of the molecule is CCN(CC(=O)O)C1CC(NC(=O)NCC(F)(F)c2ccccc2)C1. The lowest BCUT2D eigenvalue weighted by molar-refractivity contribution is -0.139. The van der Waals surface area contributed by atoms with Crippen molar-refractivity contribution in [1.29, 1.82) is 0 Å². The van der Waals surface area contributed by atoms with Gasteiger partial charge in [0.25, 0.3) is 5.92 Å². The van der Waals surface area contributed by atoms with Crippen LogP contribution in [0, 0.1) is 0 Å². The van der Waals surface area contributed by atoms with E-state index in [1.807, 2.05) is 11.8 Å². The van der Waals surface area contributed by atoms with Gasteiger partial charge in [-0.2, -0.15) is 8.78 Å². The molecule has 0 radical (unpaired) electrons. The summed E-state index contributed by atoms with van der Waals surface area (Å²) >= 11 is 0. The van der Waals surface area contributed by atoms with Gasteiger partial charge in [0.15, 0.2) is 0 Å². The zero-order chi connectivity index (χ0) is 18.4. The summed E-state index contributed by atoms with van der Waals surface area (Å²) in [4.78, 5) is 24.4. The summed E-state index contributed by atoms with van der Waals surface area (Å²) in [6, 6.07) is 6.66. The Morgan fingerprint density at radius 2 is 1.92 bits per heavy atom. The number of hydrogen-bond donors (Lipinski definition) is 3. The van der Waals surface area contributed by atoms with Crippen LogP contribution in [0.5, 0.6) is 0 Å². The molecule has 2 amide bonds. The first-order chi connectivity index (χ1) is 11.8. The summed E-state index contributed by atoms with van der Waals surface area (Å²) in [5, 5.41) is 13.7. The molecule has 1 aromatic carbocycles. The molecule has 0 spiro atoms. The Morgan fingerprint density at radius 3 is 2.48 bits per heavy atom. The lowest BCUT2D eigenvalue weighted by atomic mass is 9.85. The van der Waals surface area contributed by atoms with Crippen molar-refractivity contribution < 1.29 is 23.5 Å². The highest BCUT2D eigenvalue weighted by atomic mass is 19.3. The van der Waals surface area contributed by atoms with E-state index in [4.69, 9.17) is 5.11 Å². The zero-order valence-corrected chi connectivity index (χ0v) is 14.0. The van der Waals surface area contributed by atoms with Crippen LogP contribution in [0.3, 0.4) is 0 Å². The predicted molar refractivity (Wildman–Crippen MR) is 88.6 cm³/mol. The zero-order valence-electron chi connectivity index (χ0n) is 14.0. The minimum atomic E-state index is -3.14. The van der Waals surface area contributed by atoms with Crippen molar-refractivity contribution in [2.24, 2.45) is 0 Å². The molecule has 1 fully saturated rings. The van der Waals surface area contributed by atoms with Crippen molar-refractivity contribution in [3.05, 3.63) is 35.9 Å². The topological polar surface area (TPSA) is 81.7 Å². The summed E-state index contributed by atoms with van der Waals surface area (Å²) < 4.78 is 28.0. The standard InChI is InChI=1S/C17H23F2N3O3/c1-2-22(10-15(23)24)14-8-13(9-14)21-16(25)20-11-17(18,19)12-6-4-3-5-7-12/h3-7,13-14H,2,8-11H2,1H3,(H,23,24)(H2,20,21,25). The van der Waals surface area contributed by atoms with Gasteiger partial charge < -0.3 is 15.7 Å². The van der Waals surface area contributed by atoms with Crippen molar-refractivity contribution in [2.75, 3.05) is 19.6 Å². The quantitative estimate of drug-likeness (QED) is 0.666. The Hall–Kier alpha value is -2.22. The minimum Gasteiger partial charge on any atom is -0.480 e. The van der Waals surface area contributed by atoms with Crippen molar-refractivity contribution in [3.63, 3.8) is 0 Å². The van der Waals surface area contributed by atoms with Crippen LogP contribution in [0.25, 0.3) is 0 Å². The Bertz CT molecular complexity index is 592. The highest BCUT2D eigenvalue weighted by molar-refractivity contribution is 5.74. The molecular weight excluding hydrogens is 332 g/mol. The van der Waals surface area contributed by atoms with Crippen LogP contribution in [0.4, 0.5) is 13.6 Å². The number of halogens is 2. The first kappa shape index (κ1) is 19.1. The van der Waals surface area contributed by atoms with Crippen LogP contribution >= 0.6 is 0 Å². The molecule has 1 aromatic rings. The maximum atomic E-state index is 14.0. The summed E-state index contributed by atoms with van der Waals surface area (Å²) in [7, 11) is 0. The second kappa shape index (κ2) is 8.24. The maximum Gasteiger partial charge on any atom is 0.317 e.